The molecule has 3 aromatic carbocycles. The molecular formula is C29H25F2NO7. The van der Waals surface area contributed by atoms with E-state index in [0.29, 0.717) is 41.9 Å². The normalized spacial score (nSPS) is 23.8. The Kier molecular flexibility index (Phi) is 5.67. The van der Waals surface area contributed by atoms with Gasteiger partial charge in [0.05, 0.1) is 24.1 Å². The van der Waals surface area contributed by atoms with Crippen molar-refractivity contribution in [2.24, 2.45) is 0 Å². The second kappa shape index (κ2) is 8.86. The predicted octanol–water partition coefficient (Wildman–Crippen LogP) is 5.30. The second-order valence-electron chi connectivity index (χ2n) is 10.2. The maximum Gasteiger partial charge on any atom is 0.586 e. The summed E-state index contributed by atoms with van der Waals surface area (Å²) in [5.74, 6) is -0.365. The van der Waals surface area contributed by atoms with Crippen LogP contribution < -0.4 is 24.3 Å². The summed E-state index contributed by atoms with van der Waals surface area (Å²) in [7, 11) is 1.54. The highest BCUT2D eigenvalue weighted by atomic mass is 19.3. The first-order valence-corrected chi connectivity index (χ1v) is 12.5. The predicted molar refractivity (Wildman–Crippen MR) is 134 cm³/mol. The molecule has 3 aliphatic rings. The van der Waals surface area contributed by atoms with Crippen LogP contribution in [0.25, 0.3) is 0 Å². The highest BCUT2D eigenvalue weighted by molar-refractivity contribution is 5.90. The minimum atomic E-state index is -3.74. The van der Waals surface area contributed by atoms with Crippen LogP contribution >= 0.6 is 0 Å². The zero-order valence-electron chi connectivity index (χ0n) is 21.1. The standard InChI is InChI=1S/C29H25F2NO7/c1-28(9-8-15-11-24-25(13-20(15)28)39-29(30,31)38-24)27(35)32-21-14-22(16-4-3-5-17(10-16)26(33)34)37-23-12-18(36-2)6-7-19(21)23/h3-7,10-13,21-22H,8-9,14H2,1-2H3,(H,32,35)(H,33,34)/t21-,22-,28-/m1/s1. The lowest BCUT2D eigenvalue weighted by Crippen LogP contribution is -2.44. The van der Waals surface area contributed by atoms with Crippen LogP contribution in [-0.4, -0.2) is 30.4 Å². The van der Waals surface area contributed by atoms with E-state index in [9.17, 15) is 23.5 Å². The van der Waals surface area contributed by atoms with Gasteiger partial charge in [-0.15, -0.1) is 8.78 Å². The number of methoxy groups -OCH3 is 1. The smallest absolute Gasteiger partial charge is 0.497 e. The van der Waals surface area contributed by atoms with E-state index in [1.807, 2.05) is 6.07 Å². The van der Waals surface area contributed by atoms with E-state index < -0.39 is 29.8 Å². The van der Waals surface area contributed by atoms with Crippen LogP contribution in [0.5, 0.6) is 23.0 Å². The number of amides is 1. The Morgan fingerprint density at radius 3 is 2.56 bits per heavy atom. The molecule has 1 amide bonds. The number of rotatable bonds is 5. The third kappa shape index (κ3) is 4.29. The van der Waals surface area contributed by atoms with Crippen molar-refractivity contribution in [3.05, 3.63) is 82.4 Å². The molecule has 6 rings (SSSR count). The number of nitrogens with one attached hydrogen (secondary N) is 1. The third-order valence-corrected chi connectivity index (χ3v) is 7.74. The van der Waals surface area contributed by atoms with Gasteiger partial charge in [0.15, 0.2) is 11.5 Å². The highest BCUT2D eigenvalue weighted by Gasteiger charge is 2.48. The summed E-state index contributed by atoms with van der Waals surface area (Å²) in [5.41, 5.74) is 1.93. The molecule has 2 N–H and O–H groups in total. The number of aromatic carboxylic acids is 1. The molecule has 2 heterocycles. The lowest BCUT2D eigenvalue weighted by molar-refractivity contribution is -0.286. The van der Waals surface area contributed by atoms with Gasteiger partial charge in [-0.1, -0.05) is 12.1 Å². The van der Waals surface area contributed by atoms with Crippen molar-refractivity contribution in [2.45, 2.75) is 50.0 Å². The summed E-state index contributed by atoms with van der Waals surface area (Å²) >= 11 is 0. The van der Waals surface area contributed by atoms with Gasteiger partial charge in [-0.3, -0.25) is 4.79 Å². The molecule has 0 spiro atoms. The van der Waals surface area contributed by atoms with E-state index in [0.717, 1.165) is 11.1 Å². The quantitative estimate of drug-likeness (QED) is 0.455. The Bertz CT molecular complexity index is 1510. The monoisotopic (exact) mass is 537 g/mol. The van der Waals surface area contributed by atoms with E-state index in [2.05, 4.69) is 14.8 Å². The first-order valence-electron chi connectivity index (χ1n) is 12.5. The Balaban J connectivity index is 1.32. The Hall–Kier alpha value is -4.34. The lowest BCUT2D eigenvalue weighted by atomic mass is 9.82. The van der Waals surface area contributed by atoms with Crippen molar-refractivity contribution in [3.8, 4) is 23.0 Å². The SMILES string of the molecule is COc1ccc2c(c1)O[C@@H](c1cccc(C(=O)O)c1)C[C@H]2NC(=O)[C@]1(C)CCc2cc3c(cc21)OC(F)(F)O3. The fraction of sp³-hybridized carbons (Fsp3) is 0.310. The van der Waals surface area contributed by atoms with Gasteiger partial charge >= 0.3 is 12.3 Å². The number of benzene rings is 3. The lowest BCUT2D eigenvalue weighted by Gasteiger charge is -2.35. The molecule has 0 fully saturated rings. The number of halogens is 2. The van der Waals surface area contributed by atoms with Crippen LogP contribution in [0, 0.1) is 0 Å². The Morgan fingerprint density at radius 1 is 1.05 bits per heavy atom. The Labute approximate surface area is 222 Å². The number of ether oxygens (including phenoxy) is 4. The van der Waals surface area contributed by atoms with Crippen molar-refractivity contribution in [1.82, 2.24) is 5.32 Å². The molecular weight excluding hydrogens is 512 g/mol. The molecule has 0 unspecified atom stereocenters. The summed E-state index contributed by atoms with van der Waals surface area (Å²) in [4.78, 5) is 25.4. The number of carbonyl (C=O) groups excluding carboxylic acids is 1. The van der Waals surface area contributed by atoms with E-state index in [4.69, 9.17) is 9.47 Å². The molecule has 0 bridgehead atoms. The minimum absolute atomic E-state index is 0.0397. The summed E-state index contributed by atoms with van der Waals surface area (Å²) in [6, 6.07) is 14.4. The van der Waals surface area contributed by atoms with Crippen LogP contribution in [0.4, 0.5) is 8.78 Å². The summed E-state index contributed by atoms with van der Waals surface area (Å²) < 4.78 is 48.1. The first-order chi connectivity index (χ1) is 18.6. The molecule has 2 aliphatic heterocycles. The number of hydrogen-bond donors (Lipinski definition) is 2. The van der Waals surface area contributed by atoms with Gasteiger partial charge in [0.2, 0.25) is 5.91 Å². The number of fused-ring (bicyclic) bond motifs is 3. The zero-order chi connectivity index (χ0) is 27.5. The van der Waals surface area contributed by atoms with Crippen molar-refractivity contribution in [1.29, 1.82) is 0 Å². The molecule has 0 saturated heterocycles. The van der Waals surface area contributed by atoms with Crippen LogP contribution in [0.2, 0.25) is 0 Å². The van der Waals surface area contributed by atoms with Crippen LogP contribution in [0.15, 0.2) is 54.6 Å². The molecule has 0 saturated carbocycles. The number of carbonyl (C=O) groups is 2. The van der Waals surface area contributed by atoms with Crippen LogP contribution in [0.1, 0.15) is 64.5 Å². The van der Waals surface area contributed by atoms with E-state index in [-0.39, 0.29) is 23.0 Å². The van der Waals surface area contributed by atoms with E-state index in [1.165, 1.54) is 25.3 Å². The van der Waals surface area contributed by atoms with Gasteiger partial charge < -0.3 is 29.4 Å². The van der Waals surface area contributed by atoms with Gasteiger partial charge in [0.25, 0.3) is 0 Å². The third-order valence-electron chi connectivity index (χ3n) is 7.74. The number of hydrogen-bond acceptors (Lipinski definition) is 6. The van der Waals surface area contributed by atoms with Crippen molar-refractivity contribution < 1.29 is 42.4 Å². The summed E-state index contributed by atoms with van der Waals surface area (Å²) in [6.45, 7) is 1.79. The number of carboxylic acid groups (broad SMARTS) is 1. The minimum Gasteiger partial charge on any atom is -0.497 e. The molecule has 1 aliphatic carbocycles. The molecule has 3 aromatic rings. The zero-order valence-corrected chi connectivity index (χ0v) is 21.1. The van der Waals surface area contributed by atoms with Gasteiger partial charge in [0, 0.05) is 18.1 Å². The molecule has 39 heavy (non-hydrogen) atoms. The molecule has 8 nitrogen and oxygen atoms in total. The largest absolute Gasteiger partial charge is 0.586 e. The maximum atomic E-state index is 13.9. The molecule has 10 heteroatoms. The molecule has 0 radical (unpaired) electrons. The van der Waals surface area contributed by atoms with Gasteiger partial charge in [0.1, 0.15) is 17.6 Å². The Morgan fingerprint density at radius 2 is 1.82 bits per heavy atom. The number of alkyl halides is 2. The summed E-state index contributed by atoms with van der Waals surface area (Å²) in [6.07, 6.45) is -2.92. The van der Waals surface area contributed by atoms with Gasteiger partial charge in [-0.05, 0) is 72.9 Å². The maximum absolute atomic E-state index is 13.9. The van der Waals surface area contributed by atoms with Crippen molar-refractivity contribution in [2.75, 3.05) is 7.11 Å². The topological polar surface area (TPSA) is 103 Å². The van der Waals surface area contributed by atoms with Gasteiger partial charge in [-0.2, -0.15) is 0 Å². The van der Waals surface area contributed by atoms with E-state index >= 15 is 0 Å². The molecule has 0 aromatic heterocycles. The first kappa shape index (κ1) is 25.0. The molecule has 202 valence electrons. The fourth-order valence-electron chi connectivity index (χ4n) is 5.62. The van der Waals surface area contributed by atoms with E-state index in [1.54, 1.807) is 37.3 Å². The van der Waals surface area contributed by atoms with Crippen molar-refractivity contribution in [3.63, 3.8) is 0 Å². The average Bonchev–Trinajstić information content (AvgIpc) is 3.41. The van der Waals surface area contributed by atoms with Crippen LogP contribution in [-0.2, 0) is 16.6 Å². The highest BCUT2D eigenvalue weighted by Crippen LogP contribution is 2.49. The number of carboxylic acids is 1. The second-order valence-corrected chi connectivity index (χ2v) is 10.2. The van der Waals surface area contributed by atoms with Gasteiger partial charge in [-0.25, -0.2) is 4.79 Å². The van der Waals surface area contributed by atoms with Crippen molar-refractivity contribution >= 4 is 11.9 Å². The van der Waals surface area contributed by atoms with Crippen LogP contribution in [0.3, 0.4) is 0 Å². The summed E-state index contributed by atoms with van der Waals surface area (Å²) in [5, 5.41) is 12.6. The fourth-order valence-corrected chi connectivity index (χ4v) is 5.62. The number of aryl methyl sites for hydroxylation is 1. The average molecular weight is 538 g/mol. The molecule has 3 atom stereocenters.